The molecule has 0 aliphatic carbocycles. The van der Waals surface area contributed by atoms with Gasteiger partial charge < -0.3 is 14.2 Å². The minimum atomic E-state index is -0.512. The van der Waals surface area contributed by atoms with Gasteiger partial charge in [-0.1, -0.05) is 18.2 Å². The summed E-state index contributed by atoms with van der Waals surface area (Å²) in [5.41, 5.74) is 6.49. The van der Waals surface area contributed by atoms with E-state index in [9.17, 15) is 9.59 Å². The summed E-state index contributed by atoms with van der Waals surface area (Å²) in [5, 5.41) is 2.40. The Morgan fingerprint density at radius 1 is 0.893 bits per heavy atom. The van der Waals surface area contributed by atoms with Gasteiger partial charge in [-0.25, -0.2) is 0 Å². The van der Waals surface area contributed by atoms with Crippen LogP contribution in [0.15, 0.2) is 36.4 Å². The fraction of sp³-hybridized carbons (Fsp3) is 0.211. The first-order chi connectivity index (χ1) is 13.4. The van der Waals surface area contributed by atoms with Crippen molar-refractivity contribution in [1.29, 1.82) is 0 Å². The van der Waals surface area contributed by atoms with Gasteiger partial charge in [-0.15, -0.1) is 0 Å². The van der Waals surface area contributed by atoms with Crippen LogP contribution in [0.5, 0.6) is 17.2 Å². The van der Waals surface area contributed by atoms with Crippen LogP contribution < -0.4 is 30.4 Å². The highest BCUT2D eigenvalue weighted by molar-refractivity contribution is 7.80. The summed E-state index contributed by atoms with van der Waals surface area (Å²) in [6.07, 6.45) is 0. The van der Waals surface area contributed by atoms with E-state index in [1.165, 1.54) is 33.5 Å². The van der Waals surface area contributed by atoms with Crippen molar-refractivity contribution < 1.29 is 23.8 Å². The molecule has 3 N–H and O–H groups in total. The molecule has 0 fully saturated rings. The molecule has 8 nitrogen and oxygen atoms in total. The smallest absolute Gasteiger partial charge is 0.269 e. The first-order valence-corrected chi connectivity index (χ1v) is 8.59. The molecule has 148 valence electrons. The first kappa shape index (κ1) is 21.0. The Balaban J connectivity index is 2.03. The maximum atomic E-state index is 12.5. The zero-order valence-electron chi connectivity index (χ0n) is 15.9. The molecule has 0 aliphatic heterocycles. The van der Waals surface area contributed by atoms with Crippen molar-refractivity contribution in [3.63, 3.8) is 0 Å². The zero-order chi connectivity index (χ0) is 20.7. The van der Waals surface area contributed by atoms with Crippen LogP contribution in [0.1, 0.15) is 26.3 Å². The van der Waals surface area contributed by atoms with Crippen molar-refractivity contribution in [3.8, 4) is 17.2 Å². The lowest BCUT2D eigenvalue weighted by Crippen LogP contribution is -2.48. The van der Waals surface area contributed by atoms with Gasteiger partial charge >= 0.3 is 0 Å². The summed E-state index contributed by atoms with van der Waals surface area (Å²) < 4.78 is 15.7. The van der Waals surface area contributed by atoms with Gasteiger partial charge in [0.15, 0.2) is 16.6 Å². The molecule has 0 saturated heterocycles. The van der Waals surface area contributed by atoms with Crippen molar-refractivity contribution in [3.05, 3.63) is 53.1 Å². The third-order valence-corrected chi connectivity index (χ3v) is 4.04. The molecule has 28 heavy (non-hydrogen) atoms. The molecule has 0 radical (unpaired) electrons. The molecule has 0 aromatic heterocycles. The quantitative estimate of drug-likeness (QED) is 0.519. The van der Waals surface area contributed by atoms with Crippen LogP contribution >= 0.6 is 12.2 Å². The number of benzene rings is 2. The third-order valence-electron chi connectivity index (χ3n) is 3.83. The van der Waals surface area contributed by atoms with Crippen LogP contribution in [-0.2, 0) is 0 Å². The molecule has 2 amide bonds. The van der Waals surface area contributed by atoms with E-state index in [1.54, 1.807) is 12.1 Å². The number of ether oxygens (including phenoxy) is 3. The molecule has 9 heteroatoms. The van der Waals surface area contributed by atoms with Crippen LogP contribution in [-0.4, -0.2) is 38.3 Å². The van der Waals surface area contributed by atoms with E-state index in [1.807, 2.05) is 19.1 Å². The molecular weight excluding hydrogens is 382 g/mol. The van der Waals surface area contributed by atoms with E-state index in [0.29, 0.717) is 22.8 Å². The number of thiocarbonyl (C=S) groups is 1. The van der Waals surface area contributed by atoms with Gasteiger partial charge in [0.2, 0.25) is 5.75 Å². The van der Waals surface area contributed by atoms with E-state index in [0.717, 1.165) is 5.56 Å². The maximum absolute atomic E-state index is 12.5. The molecule has 2 aromatic carbocycles. The molecule has 0 saturated carbocycles. The molecule has 0 aliphatic rings. The van der Waals surface area contributed by atoms with Crippen LogP contribution in [0, 0.1) is 6.92 Å². The number of hydrogen-bond acceptors (Lipinski definition) is 6. The second-order valence-electron chi connectivity index (χ2n) is 5.59. The Kier molecular flexibility index (Phi) is 7.16. The van der Waals surface area contributed by atoms with Crippen LogP contribution in [0.25, 0.3) is 0 Å². The number of rotatable bonds is 5. The molecule has 0 heterocycles. The molecule has 2 rings (SSSR count). The van der Waals surface area contributed by atoms with Crippen molar-refractivity contribution in [2.24, 2.45) is 0 Å². The van der Waals surface area contributed by atoms with Crippen molar-refractivity contribution in [2.75, 3.05) is 21.3 Å². The Hall–Kier alpha value is -3.33. The van der Waals surface area contributed by atoms with Crippen molar-refractivity contribution in [2.45, 2.75) is 6.92 Å². The summed E-state index contributed by atoms with van der Waals surface area (Å²) in [4.78, 5) is 24.6. The summed E-state index contributed by atoms with van der Waals surface area (Å²) in [6.45, 7) is 1.82. The lowest BCUT2D eigenvalue weighted by molar-refractivity contribution is 0.0934. The van der Waals surface area contributed by atoms with Gasteiger partial charge in [0.05, 0.1) is 21.3 Å². The lowest BCUT2D eigenvalue weighted by atomic mass is 10.1. The summed E-state index contributed by atoms with van der Waals surface area (Å²) in [6, 6.07) is 10.1. The minimum absolute atomic E-state index is 0.0688. The van der Waals surface area contributed by atoms with Gasteiger partial charge in [-0.2, -0.15) is 0 Å². The Bertz CT molecular complexity index is 876. The van der Waals surface area contributed by atoms with Gasteiger partial charge in [-0.3, -0.25) is 25.8 Å². The summed E-state index contributed by atoms with van der Waals surface area (Å²) in [7, 11) is 4.37. The second kappa shape index (κ2) is 9.56. The highest BCUT2D eigenvalue weighted by Crippen LogP contribution is 2.38. The summed E-state index contributed by atoms with van der Waals surface area (Å²) in [5.74, 6) is 0.148. The number of amides is 2. The Morgan fingerprint density at radius 3 is 2.04 bits per heavy atom. The number of hydrazine groups is 1. The zero-order valence-corrected chi connectivity index (χ0v) is 16.7. The van der Waals surface area contributed by atoms with E-state index < -0.39 is 5.91 Å². The topological polar surface area (TPSA) is 97.9 Å². The molecule has 0 atom stereocenters. The highest BCUT2D eigenvalue weighted by Gasteiger charge is 2.18. The van der Waals surface area contributed by atoms with Gasteiger partial charge in [0.25, 0.3) is 11.8 Å². The molecule has 2 aromatic rings. The number of carbonyl (C=O) groups excluding carboxylic acids is 2. The molecular formula is C19H21N3O5S. The van der Waals surface area contributed by atoms with Gasteiger partial charge in [0, 0.05) is 11.1 Å². The summed E-state index contributed by atoms with van der Waals surface area (Å²) >= 11 is 5.06. The second-order valence-corrected chi connectivity index (χ2v) is 6.00. The minimum Gasteiger partial charge on any atom is -0.493 e. The van der Waals surface area contributed by atoms with Gasteiger partial charge in [0.1, 0.15) is 0 Å². The SMILES string of the molecule is COc1cc(C(=O)NC(=S)NNC(=O)c2ccccc2C)cc(OC)c1OC. The van der Waals surface area contributed by atoms with Crippen LogP contribution in [0.4, 0.5) is 0 Å². The highest BCUT2D eigenvalue weighted by atomic mass is 32.1. The van der Waals surface area contributed by atoms with Crippen LogP contribution in [0.3, 0.4) is 0 Å². The Labute approximate surface area is 168 Å². The normalized spacial score (nSPS) is 9.86. The molecule has 0 bridgehead atoms. The number of methoxy groups -OCH3 is 3. The average Bonchev–Trinajstić information content (AvgIpc) is 2.70. The van der Waals surface area contributed by atoms with Crippen LogP contribution in [0.2, 0.25) is 0 Å². The monoisotopic (exact) mass is 403 g/mol. The number of hydrogen-bond donors (Lipinski definition) is 3. The standard InChI is InChI=1S/C19H21N3O5S/c1-11-7-5-6-8-13(11)18(24)21-22-19(28)20-17(23)12-9-14(25-2)16(27-4)15(10-12)26-3/h5-10H,1-4H3,(H,21,24)(H2,20,22,23,28). The van der Waals surface area contributed by atoms with E-state index in [4.69, 9.17) is 26.4 Å². The lowest BCUT2D eigenvalue weighted by Gasteiger charge is -2.15. The maximum Gasteiger partial charge on any atom is 0.269 e. The van der Waals surface area contributed by atoms with E-state index in [2.05, 4.69) is 16.2 Å². The predicted octanol–water partition coefficient (Wildman–Crippen LogP) is 1.97. The first-order valence-electron chi connectivity index (χ1n) is 8.18. The van der Waals surface area contributed by atoms with E-state index in [-0.39, 0.29) is 16.6 Å². The van der Waals surface area contributed by atoms with Crippen molar-refractivity contribution >= 4 is 29.1 Å². The Morgan fingerprint density at radius 2 is 1.50 bits per heavy atom. The average molecular weight is 403 g/mol. The fourth-order valence-corrected chi connectivity index (χ4v) is 2.57. The van der Waals surface area contributed by atoms with Gasteiger partial charge in [-0.05, 0) is 42.9 Å². The number of carbonyl (C=O) groups is 2. The fourth-order valence-electron chi connectivity index (χ4n) is 2.43. The number of aryl methyl sites for hydroxylation is 1. The third kappa shape index (κ3) is 4.89. The molecule has 0 spiro atoms. The van der Waals surface area contributed by atoms with E-state index >= 15 is 0 Å². The number of nitrogens with one attached hydrogen (secondary N) is 3. The molecule has 0 unspecified atom stereocenters. The van der Waals surface area contributed by atoms with Crippen molar-refractivity contribution in [1.82, 2.24) is 16.2 Å². The largest absolute Gasteiger partial charge is 0.493 e. The predicted molar refractivity (Wildman–Crippen MR) is 108 cm³/mol.